The van der Waals surface area contributed by atoms with Crippen LogP contribution in [0.15, 0.2) is 39.8 Å². The summed E-state index contributed by atoms with van der Waals surface area (Å²) in [4.78, 5) is 30.5. The molecule has 3 aromatic rings. The number of amides is 1. The van der Waals surface area contributed by atoms with Crippen molar-refractivity contribution in [1.29, 1.82) is 0 Å². The van der Waals surface area contributed by atoms with Gasteiger partial charge >= 0.3 is 5.63 Å². The number of nitrogens with zero attached hydrogens (tertiary/aromatic N) is 1. The van der Waals surface area contributed by atoms with Crippen molar-refractivity contribution < 1.29 is 13.9 Å². The SMILES string of the molecule is O=C(COc1ccc2c3c(c(=O)oc2c1)CCC3)Nc1ncc[nH]1. The van der Waals surface area contributed by atoms with Gasteiger partial charge in [-0.25, -0.2) is 9.78 Å². The molecule has 7 heteroatoms. The fourth-order valence-corrected chi connectivity index (χ4v) is 3.00. The van der Waals surface area contributed by atoms with Gasteiger partial charge in [0.2, 0.25) is 5.95 Å². The van der Waals surface area contributed by atoms with Gasteiger partial charge in [0.1, 0.15) is 11.3 Å². The van der Waals surface area contributed by atoms with E-state index in [0.717, 1.165) is 35.8 Å². The van der Waals surface area contributed by atoms with Crippen molar-refractivity contribution in [2.75, 3.05) is 11.9 Å². The minimum absolute atomic E-state index is 0.165. The summed E-state index contributed by atoms with van der Waals surface area (Å²) in [5, 5.41) is 3.51. The molecule has 7 nitrogen and oxygen atoms in total. The number of aromatic nitrogens is 2. The normalized spacial score (nSPS) is 13.0. The van der Waals surface area contributed by atoms with Crippen molar-refractivity contribution in [3.8, 4) is 5.75 Å². The second-order valence-electron chi connectivity index (χ2n) is 5.63. The summed E-state index contributed by atoms with van der Waals surface area (Å²) in [6.07, 6.45) is 5.80. The standard InChI is InChI=1S/C17H15N3O4/c21-15(20-17-18-6-7-19-17)9-23-10-4-5-12-11-2-1-3-13(11)16(22)24-14(12)8-10/h4-8H,1-3,9H2,(H2,18,19,20,21). The second kappa shape index (κ2) is 5.84. The van der Waals surface area contributed by atoms with E-state index in [1.807, 2.05) is 6.07 Å². The van der Waals surface area contributed by atoms with Crippen LogP contribution in [-0.2, 0) is 17.6 Å². The highest BCUT2D eigenvalue weighted by molar-refractivity contribution is 5.90. The molecule has 0 atom stereocenters. The summed E-state index contributed by atoms with van der Waals surface area (Å²) in [7, 11) is 0. The number of hydrogen-bond donors (Lipinski definition) is 2. The van der Waals surface area contributed by atoms with E-state index in [2.05, 4.69) is 15.3 Å². The predicted molar refractivity (Wildman–Crippen MR) is 87.2 cm³/mol. The first-order valence-electron chi connectivity index (χ1n) is 7.71. The van der Waals surface area contributed by atoms with Crippen LogP contribution in [0.4, 0.5) is 5.95 Å². The molecule has 0 spiro atoms. The fraction of sp³-hybridized carbons (Fsp3) is 0.235. The lowest BCUT2D eigenvalue weighted by Gasteiger charge is -2.08. The third kappa shape index (κ3) is 2.64. The number of anilines is 1. The van der Waals surface area contributed by atoms with Crippen LogP contribution in [0.2, 0.25) is 0 Å². The summed E-state index contributed by atoms with van der Waals surface area (Å²) in [6.45, 7) is -0.165. The van der Waals surface area contributed by atoms with Gasteiger partial charge in [-0.1, -0.05) is 0 Å². The molecule has 1 aromatic carbocycles. The number of rotatable bonds is 4. The molecule has 4 rings (SSSR count). The number of ether oxygens (including phenoxy) is 1. The number of carbonyl (C=O) groups excluding carboxylic acids is 1. The van der Waals surface area contributed by atoms with Gasteiger partial charge < -0.3 is 14.1 Å². The molecule has 0 unspecified atom stereocenters. The minimum Gasteiger partial charge on any atom is -0.484 e. The Morgan fingerprint density at radius 3 is 3.04 bits per heavy atom. The highest BCUT2D eigenvalue weighted by Crippen LogP contribution is 2.29. The van der Waals surface area contributed by atoms with Gasteiger partial charge in [0.05, 0.1) is 0 Å². The van der Waals surface area contributed by atoms with Gasteiger partial charge in [0.15, 0.2) is 6.61 Å². The topological polar surface area (TPSA) is 97.2 Å². The highest BCUT2D eigenvalue weighted by Gasteiger charge is 2.19. The van der Waals surface area contributed by atoms with Crippen LogP contribution in [0.3, 0.4) is 0 Å². The van der Waals surface area contributed by atoms with Crippen molar-refractivity contribution in [3.63, 3.8) is 0 Å². The number of imidazole rings is 1. The van der Waals surface area contributed by atoms with Crippen LogP contribution < -0.4 is 15.7 Å². The third-order valence-electron chi connectivity index (χ3n) is 4.07. The third-order valence-corrected chi connectivity index (χ3v) is 4.07. The highest BCUT2D eigenvalue weighted by atomic mass is 16.5. The summed E-state index contributed by atoms with van der Waals surface area (Å²) >= 11 is 0. The van der Waals surface area contributed by atoms with E-state index < -0.39 is 0 Å². The first-order valence-corrected chi connectivity index (χ1v) is 7.71. The van der Waals surface area contributed by atoms with E-state index in [9.17, 15) is 9.59 Å². The average Bonchev–Trinajstić information content (AvgIpc) is 3.24. The molecule has 1 amide bonds. The Kier molecular flexibility index (Phi) is 3.53. The minimum atomic E-state index is -0.333. The van der Waals surface area contributed by atoms with Gasteiger partial charge in [-0.2, -0.15) is 0 Å². The monoisotopic (exact) mass is 325 g/mol. The van der Waals surface area contributed by atoms with E-state index in [0.29, 0.717) is 17.3 Å². The lowest BCUT2D eigenvalue weighted by Crippen LogP contribution is -2.20. The Hall–Kier alpha value is -3.09. The molecule has 0 fully saturated rings. The molecule has 0 radical (unpaired) electrons. The Morgan fingerprint density at radius 2 is 2.21 bits per heavy atom. The molecular formula is C17H15N3O4. The first kappa shape index (κ1) is 14.5. The smallest absolute Gasteiger partial charge is 0.339 e. The van der Waals surface area contributed by atoms with Gasteiger partial charge in [0.25, 0.3) is 5.91 Å². The molecule has 0 saturated heterocycles. The van der Waals surface area contributed by atoms with Gasteiger partial charge in [-0.3, -0.25) is 10.1 Å². The van der Waals surface area contributed by atoms with Gasteiger partial charge in [-0.05, 0) is 37.0 Å². The molecule has 1 aliphatic carbocycles. The van der Waals surface area contributed by atoms with E-state index in [1.54, 1.807) is 24.5 Å². The summed E-state index contributed by atoms with van der Waals surface area (Å²) in [5.74, 6) is 0.502. The fourth-order valence-electron chi connectivity index (χ4n) is 3.00. The van der Waals surface area contributed by atoms with Crippen LogP contribution in [0.1, 0.15) is 17.5 Å². The van der Waals surface area contributed by atoms with Crippen molar-refractivity contribution in [2.24, 2.45) is 0 Å². The van der Waals surface area contributed by atoms with Crippen LogP contribution in [0.5, 0.6) is 5.75 Å². The Morgan fingerprint density at radius 1 is 1.33 bits per heavy atom. The number of aryl methyl sites for hydroxylation is 1. The number of hydrogen-bond acceptors (Lipinski definition) is 5. The average molecular weight is 325 g/mol. The Labute approximate surface area is 136 Å². The molecule has 1 aliphatic rings. The molecule has 0 saturated carbocycles. The number of aromatic amines is 1. The molecule has 2 N–H and O–H groups in total. The van der Waals surface area contributed by atoms with E-state index >= 15 is 0 Å². The number of nitrogens with one attached hydrogen (secondary N) is 2. The largest absolute Gasteiger partial charge is 0.484 e. The van der Waals surface area contributed by atoms with Crippen LogP contribution in [-0.4, -0.2) is 22.5 Å². The first-order chi connectivity index (χ1) is 11.7. The number of H-pyrrole nitrogens is 1. The van der Waals surface area contributed by atoms with E-state index in [1.165, 1.54) is 0 Å². The maximum Gasteiger partial charge on any atom is 0.339 e. The van der Waals surface area contributed by atoms with Crippen LogP contribution in [0, 0.1) is 0 Å². The number of fused-ring (bicyclic) bond motifs is 3. The van der Waals surface area contributed by atoms with Crippen LogP contribution >= 0.6 is 0 Å². The maximum atomic E-state index is 12.0. The number of benzene rings is 1. The number of carbonyl (C=O) groups is 1. The molecule has 0 bridgehead atoms. The second-order valence-corrected chi connectivity index (χ2v) is 5.63. The van der Waals surface area contributed by atoms with Gasteiger partial charge in [0, 0.05) is 29.4 Å². The van der Waals surface area contributed by atoms with Crippen molar-refractivity contribution in [3.05, 3.63) is 52.1 Å². The summed E-state index contributed by atoms with van der Waals surface area (Å²) < 4.78 is 10.9. The van der Waals surface area contributed by atoms with Crippen molar-refractivity contribution in [1.82, 2.24) is 9.97 Å². The molecule has 122 valence electrons. The Bertz CT molecular complexity index is 960. The quantitative estimate of drug-likeness (QED) is 0.715. The van der Waals surface area contributed by atoms with Crippen LogP contribution in [0.25, 0.3) is 11.0 Å². The summed E-state index contributed by atoms with van der Waals surface area (Å²) in [5.41, 5.74) is 2.07. The van der Waals surface area contributed by atoms with Crippen molar-refractivity contribution >= 4 is 22.8 Å². The van der Waals surface area contributed by atoms with Gasteiger partial charge in [-0.15, -0.1) is 0 Å². The zero-order valence-electron chi connectivity index (χ0n) is 12.8. The van der Waals surface area contributed by atoms with E-state index in [-0.39, 0.29) is 18.1 Å². The van der Waals surface area contributed by atoms with E-state index in [4.69, 9.17) is 9.15 Å². The molecular weight excluding hydrogens is 310 g/mol. The maximum absolute atomic E-state index is 12.0. The lowest BCUT2D eigenvalue weighted by atomic mass is 10.1. The Balaban J connectivity index is 1.52. The lowest BCUT2D eigenvalue weighted by molar-refractivity contribution is -0.118. The molecule has 24 heavy (non-hydrogen) atoms. The zero-order valence-corrected chi connectivity index (χ0v) is 12.8. The predicted octanol–water partition coefficient (Wildman–Crippen LogP) is 2.02. The summed E-state index contributed by atoms with van der Waals surface area (Å²) in [6, 6.07) is 5.30. The zero-order chi connectivity index (χ0) is 16.5. The molecule has 2 heterocycles. The molecule has 2 aromatic heterocycles. The van der Waals surface area contributed by atoms with Crippen molar-refractivity contribution in [2.45, 2.75) is 19.3 Å². The molecule has 0 aliphatic heterocycles.